The van der Waals surface area contributed by atoms with Crippen molar-refractivity contribution in [2.24, 2.45) is 0 Å². The zero-order chi connectivity index (χ0) is 10.4. The molecule has 0 aliphatic rings. The Morgan fingerprint density at radius 1 is 1.79 bits per heavy atom. The molecule has 0 aliphatic heterocycles. The van der Waals surface area contributed by atoms with Crippen molar-refractivity contribution < 1.29 is 9.90 Å². The Hall–Kier alpha value is -1.20. The summed E-state index contributed by atoms with van der Waals surface area (Å²) in [6.45, 7) is 1.36. The first-order valence-electron chi connectivity index (χ1n) is 4.13. The molecule has 0 unspecified atom stereocenters. The largest absolute Gasteiger partial charge is 0.478 e. The topological polar surface area (TPSA) is 53.4 Å². The zero-order valence-electron chi connectivity index (χ0n) is 7.88. The Kier molecular flexibility index (Phi) is 4.28. The van der Waals surface area contributed by atoms with Crippen molar-refractivity contribution in [2.45, 2.75) is 6.54 Å². The van der Waals surface area contributed by atoms with E-state index in [0.29, 0.717) is 6.54 Å². The standard InChI is InChI=1S/C9H12N2O2S/c1-11(4-2-3-9(12)13)5-8-6-14-7-10-8/h2-3,6-7H,4-5H2,1H3,(H,12,13). The molecular weight excluding hydrogens is 200 g/mol. The van der Waals surface area contributed by atoms with Crippen LogP contribution >= 0.6 is 11.3 Å². The molecule has 1 rings (SSSR count). The molecule has 4 nitrogen and oxygen atoms in total. The highest BCUT2D eigenvalue weighted by molar-refractivity contribution is 7.07. The average Bonchev–Trinajstić information content (AvgIpc) is 2.56. The zero-order valence-corrected chi connectivity index (χ0v) is 8.70. The summed E-state index contributed by atoms with van der Waals surface area (Å²) >= 11 is 1.56. The lowest BCUT2D eigenvalue weighted by atomic mass is 10.4. The summed E-state index contributed by atoms with van der Waals surface area (Å²) in [5.74, 6) is -0.910. The monoisotopic (exact) mass is 212 g/mol. The van der Waals surface area contributed by atoms with E-state index in [1.165, 1.54) is 0 Å². The number of aliphatic carboxylic acids is 1. The second kappa shape index (κ2) is 5.51. The molecule has 0 bridgehead atoms. The number of carbonyl (C=O) groups is 1. The average molecular weight is 212 g/mol. The van der Waals surface area contributed by atoms with E-state index in [0.717, 1.165) is 18.3 Å². The van der Waals surface area contributed by atoms with Gasteiger partial charge in [0, 0.05) is 24.5 Å². The molecule has 0 fully saturated rings. The number of likely N-dealkylation sites (N-methyl/N-ethyl adjacent to an activating group) is 1. The third-order valence-electron chi connectivity index (χ3n) is 1.59. The van der Waals surface area contributed by atoms with Crippen molar-refractivity contribution >= 4 is 17.3 Å². The minimum absolute atomic E-state index is 0.615. The second-order valence-corrected chi connectivity index (χ2v) is 3.64. The summed E-state index contributed by atoms with van der Waals surface area (Å²) in [4.78, 5) is 16.3. The summed E-state index contributed by atoms with van der Waals surface area (Å²) in [6.07, 6.45) is 2.77. The van der Waals surface area contributed by atoms with Gasteiger partial charge in [-0.05, 0) is 7.05 Å². The van der Waals surface area contributed by atoms with Crippen LogP contribution in [-0.4, -0.2) is 34.6 Å². The summed E-state index contributed by atoms with van der Waals surface area (Å²) in [7, 11) is 1.92. The number of hydrogen-bond acceptors (Lipinski definition) is 4. The first-order chi connectivity index (χ1) is 6.68. The lowest BCUT2D eigenvalue weighted by molar-refractivity contribution is -0.131. The Balaban J connectivity index is 2.29. The Labute approximate surface area is 86.5 Å². The van der Waals surface area contributed by atoms with Crippen LogP contribution < -0.4 is 0 Å². The Morgan fingerprint density at radius 2 is 2.57 bits per heavy atom. The van der Waals surface area contributed by atoms with Gasteiger partial charge in [0.05, 0.1) is 11.2 Å². The van der Waals surface area contributed by atoms with Gasteiger partial charge in [0.15, 0.2) is 0 Å². The first kappa shape index (κ1) is 10.9. The van der Waals surface area contributed by atoms with Crippen LogP contribution in [0.1, 0.15) is 5.69 Å². The van der Waals surface area contributed by atoms with Crippen LogP contribution in [0.4, 0.5) is 0 Å². The Bertz CT molecular complexity index is 309. The fraction of sp³-hybridized carbons (Fsp3) is 0.333. The highest BCUT2D eigenvalue weighted by atomic mass is 32.1. The van der Waals surface area contributed by atoms with Crippen LogP contribution in [0.25, 0.3) is 0 Å². The number of rotatable bonds is 5. The fourth-order valence-electron chi connectivity index (χ4n) is 0.990. The quantitative estimate of drug-likeness (QED) is 0.745. The van der Waals surface area contributed by atoms with Crippen LogP contribution in [0.5, 0.6) is 0 Å². The first-order valence-corrected chi connectivity index (χ1v) is 5.08. The highest BCUT2D eigenvalue weighted by Gasteiger charge is 1.99. The van der Waals surface area contributed by atoms with E-state index < -0.39 is 5.97 Å². The molecule has 76 valence electrons. The van der Waals surface area contributed by atoms with Crippen molar-refractivity contribution in [3.63, 3.8) is 0 Å². The van der Waals surface area contributed by atoms with Gasteiger partial charge >= 0.3 is 5.97 Å². The van der Waals surface area contributed by atoms with Crippen molar-refractivity contribution in [3.8, 4) is 0 Å². The molecule has 14 heavy (non-hydrogen) atoms. The predicted octanol–water partition coefficient (Wildman–Crippen LogP) is 1.22. The van der Waals surface area contributed by atoms with Crippen LogP contribution in [0.2, 0.25) is 0 Å². The molecule has 0 spiro atoms. The maximum absolute atomic E-state index is 10.2. The number of carboxylic acids is 1. The summed E-state index contributed by atoms with van der Waals surface area (Å²) < 4.78 is 0. The molecule has 0 aliphatic carbocycles. The van der Waals surface area contributed by atoms with E-state index in [9.17, 15) is 4.79 Å². The summed E-state index contributed by atoms with van der Waals surface area (Å²) in [5, 5.41) is 10.4. The molecule has 0 saturated heterocycles. The molecule has 0 atom stereocenters. The van der Waals surface area contributed by atoms with Gasteiger partial charge in [-0.25, -0.2) is 9.78 Å². The molecule has 0 saturated carbocycles. The second-order valence-electron chi connectivity index (χ2n) is 2.92. The summed E-state index contributed by atoms with van der Waals surface area (Å²) in [5.41, 5.74) is 2.80. The van der Waals surface area contributed by atoms with Crippen molar-refractivity contribution in [2.75, 3.05) is 13.6 Å². The molecular formula is C9H12N2O2S. The molecule has 1 N–H and O–H groups in total. The smallest absolute Gasteiger partial charge is 0.328 e. The number of aromatic nitrogens is 1. The molecule has 0 amide bonds. The molecule has 0 radical (unpaired) electrons. The van der Waals surface area contributed by atoms with Gasteiger partial charge in [-0.3, -0.25) is 4.90 Å². The van der Waals surface area contributed by atoms with Crippen LogP contribution in [-0.2, 0) is 11.3 Å². The van der Waals surface area contributed by atoms with E-state index in [-0.39, 0.29) is 0 Å². The molecule has 1 aromatic heterocycles. The van der Waals surface area contributed by atoms with Crippen LogP contribution in [0.3, 0.4) is 0 Å². The van der Waals surface area contributed by atoms with Gasteiger partial charge in [0.1, 0.15) is 0 Å². The maximum atomic E-state index is 10.2. The number of nitrogens with zero attached hydrogens (tertiary/aromatic N) is 2. The van der Waals surface area contributed by atoms with Gasteiger partial charge in [-0.2, -0.15) is 0 Å². The van der Waals surface area contributed by atoms with E-state index in [2.05, 4.69) is 4.98 Å². The van der Waals surface area contributed by atoms with Gasteiger partial charge in [-0.1, -0.05) is 6.08 Å². The molecule has 1 aromatic rings. The lowest BCUT2D eigenvalue weighted by Gasteiger charge is -2.11. The van der Waals surface area contributed by atoms with Crippen molar-refractivity contribution in [1.29, 1.82) is 0 Å². The van der Waals surface area contributed by atoms with E-state index in [4.69, 9.17) is 5.11 Å². The maximum Gasteiger partial charge on any atom is 0.328 e. The SMILES string of the molecule is CN(CC=CC(=O)O)Cc1cscn1. The normalized spacial score (nSPS) is 11.3. The molecule has 0 aromatic carbocycles. The van der Waals surface area contributed by atoms with Gasteiger partial charge in [-0.15, -0.1) is 11.3 Å². The van der Waals surface area contributed by atoms with E-state index in [1.54, 1.807) is 22.9 Å². The minimum Gasteiger partial charge on any atom is -0.478 e. The van der Waals surface area contributed by atoms with Crippen LogP contribution in [0.15, 0.2) is 23.0 Å². The summed E-state index contributed by atoms with van der Waals surface area (Å²) in [6, 6.07) is 0. The predicted molar refractivity (Wildman–Crippen MR) is 55.2 cm³/mol. The Morgan fingerprint density at radius 3 is 3.14 bits per heavy atom. The third-order valence-corrected chi connectivity index (χ3v) is 2.23. The van der Waals surface area contributed by atoms with Gasteiger partial charge in [0.2, 0.25) is 0 Å². The van der Waals surface area contributed by atoms with Crippen molar-refractivity contribution in [1.82, 2.24) is 9.88 Å². The molecule has 1 heterocycles. The highest BCUT2D eigenvalue weighted by Crippen LogP contribution is 2.03. The van der Waals surface area contributed by atoms with Crippen molar-refractivity contribution in [3.05, 3.63) is 28.7 Å². The minimum atomic E-state index is -0.910. The van der Waals surface area contributed by atoms with Gasteiger partial charge < -0.3 is 5.11 Å². The number of carboxylic acid groups (broad SMARTS) is 1. The number of thiazole rings is 1. The van der Waals surface area contributed by atoms with Crippen LogP contribution in [0, 0.1) is 0 Å². The fourth-order valence-corrected chi connectivity index (χ4v) is 1.54. The lowest BCUT2D eigenvalue weighted by Crippen LogP contribution is -2.17. The van der Waals surface area contributed by atoms with E-state index in [1.807, 2.05) is 17.3 Å². The molecule has 5 heteroatoms. The van der Waals surface area contributed by atoms with Gasteiger partial charge in [0.25, 0.3) is 0 Å². The third kappa shape index (κ3) is 4.15. The van der Waals surface area contributed by atoms with E-state index >= 15 is 0 Å². The number of hydrogen-bond donors (Lipinski definition) is 1.